The van der Waals surface area contributed by atoms with E-state index in [1.165, 1.54) is 22.3 Å². The molecule has 8 nitrogen and oxygen atoms in total. The third-order valence-electron chi connectivity index (χ3n) is 11.3. The van der Waals surface area contributed by atoms with Gasteiger partial charge in [0.2, 0.25) is 0 Å². The number of likely N-dealkylation sites (N-methyl/N-ethyl adjacent to an activating group) is 4. The highest BCUT2D eigenvalue weighted by Crippen LogP contribution is 2.70. The van der Waals surface area contributed by atoms with Crippen LogP contribution in [-0.4, -0.2) is 83.4 Å². The quantitative estimate of drug-likeness (QED) is 0.0941. The van der Waals surface area contributed by atoms with Crippen LogP contribution in [0.2, 0.25) is 0 Å². The summed E-state index contributed by atoms with van der Waals surface area (Å²) < 4.78 is 42.6. The Balaban J connectivity index is 1.04. The highest BCUT2D eigenvalue weighted by atomic mass is 31.2. The molecule has 2 saturated heterocycles. The Morgan fingerprint density at radius 2 is 0.627 bits per heavy atom. The summed E-state index contributed by atoms with van der Waals surface area (Å²) in [5.41, 5.74) is 4.72. The Hall–Kier alpha value is -2.90. The van der Waals surface area contributed by atoms with Crippen LogP contribution in [0.4, 0.5) is 0 Å². The molecule has 0 N–H and O–H groups in total. The Labute approximate surface area is 306 Å². The first-order chi connectivity index (χ1) is 24.6. The number of benzene rings is 4. The molecule has 0 aliphatic carbocycles. The summed E-state index contributed by atoms with van der Waals surface area (Å²) in [4.78, 5) is 0. The summed E-state index contributed by atoms with van der Waals surface area (Å²) in [6.07, 6.45) is 5.17. The fourth-order valence-electron chi connectivity index (χ4n) is 8.54. The zero-order chi connectivity index (χ0) is 36.2. The molecular formula is C41H56N6O2P2. The fraction of sp³-hybridized carbons (Fsp3) is 0.415. The summed E-state index contributed by atoms with van der Waals surface area (Å²) in [6, 6.07) is 41.9. The van der Waals surface area contributed by atoms with E-state index in [0.29, 0.717) is 0 Å². The second kappa shape index (κ2) is 16.4. The number of hydrogen-bond acceptors (Lipinski definition) is 2. The van der Waals surface area contributed by atoms with Gasteiger partial charge in [-0.25, -0.2) is 28.0 Å². The van der Waals surface area contributed by atoms with Crippen LogP contribution in [0.25, 0.3) is 0 Å². The van der Waals surface area contributed by atoms with E-state index in [4.69, 9.17) is 0 Å². The highest BCUT2D eigenvalue weighted by Gasteiger charge is 2.55. The van der Waals surface area contributed by atoms with Gasteiger partial charge in [0.1, 0.15) is 0 Å². The van der Waals surface area contributed by atoms with Crippen LogP contribution in [0.1, 0.15) is 78.5 Å². The lowest BCUT2D eigenvalue weighted by molar-refractivity contribution is 0.316. The van der Waals surface area contributed by atoms with Gasteiger partial charge in [0, 0.05) is 13.1 Å². The minimum atomic E-state index is -2.99. The van der Waals surface area contributed by atoms with E-state index in [9.17, 15) is 9.13 Å². The van der Waals surface area contributed by atoms with Crippen molar-refractivity contribution in [1.82, 2.24) is 28.0 Å². The van der Waals surface area contributed by atoms with Gasteiger partial charge >= 0.3 is 0 Å². The van der Waals surface area contributed by atoms with E-state index in [1.807, 2.05) is 66.6 Å². The molecule has 272 valence electrons. The molecule has 2 fully saturated rings. The molecule has 51 heavy (non-hydrogen) atoms. The predicted molar refractivity (Wildman–Crippen MR) is 211 cm³/mol. The molecule has 0 unspecified atom stereocenters. The van der Waals surface area contributed by atoms with E-state index in [1.54, 1.807) is 0 Å². The van der Waals surface area contributed by atoms with E-state index in [2.05, 4.69) is 125 Å². The van der Waals surface area contributed by atoms with Crippen molar-refractivity contribution in [2.45, 2.75) is 56.3 Å². The maximum absolute atomic E-state index is 15.0. The molecule has 4 aromatic carbocycles. The van der Waals surface area contributed by atoms with Crippen molar-refractivity contribution in [1.29, 1.82) is 0 Å². The fourth-order valence-corrected chi connectivity index (χ4v) is 14.5. The SMILES string of the molecule is CN(CCCCCCCN(C)P1(=O)N(C)[C@@H](c2ccccc2)[C@H](c2ccccc2)N1C)P1(=O)N(C)[C@@H](c2ccccc2)[C@H](c2ccccc2)N1C. The summed E-state index contributed by atoms with van der Waals surface area (Å²) in [5, 5.41) is 0. The van der Waals surface area contributed by atoms with Crippen molar-refractivity contribution >= 4 is 15.2 Å². The van der Waals surface area contributed by atoms with Crippen molar-refractivity contribution in [2.24, 2.45) is 0 Å². The van der Waals surface area contributed by atoms with Crippen molar-refractivity contribution < 1.29 is 9.13 Å². The number of rotatable bonds is 14. The molecule has 6 rings (SSSR count). The van der Waals surface area contributed by atoms with Gasteiger partial charge < -0.3 is 0 Å². The van der Waals surface area contributed by atoms with Crippen LogP contribution >= 0.6 is 15.2 Å². The summed E-state index contributed by atoms with van der Waals surface area (Å²) in [5.74, 6) is 0. The van der Waals surface area contributed by atoms with Crippen molar-refractivity contribution in [3.63, 3.8) is 0 Å². The molecule has 10 heteroatoms. The summed E-state index contributed by atoms with van der Waals surface area (Å²) in [7, 11) is 6.17. The Morgan fingerprint density at radius 1 is 0.412 bits per heavy atom. The predicted octanol–water partition coefficient (Wildman–Crippen LogP) is 9.74. The Bertz CT molecular complexity index is 1540. The second-order valence-corrected chi connectivity index (χ2v) is 20.2. The normalized spacial score (nSPS) is 24.2. The topological polar surface area (TPSA) is 53.6 Å². The third-order valence-corrected chi connectivity index (χ3v) is 17.7. The maximum Gasteiger partial charge on any atom is 0.287 e. The second-order valence-electron chi connectivity index (χ2n) is 14.3. The number of hydrogen-bond donors (Lipinski definition) is 0. The minimum Gasteiger partial charge on any atom is -0.270 e. The van der Waals surface area contributed by atoms with Gasteiger partial charge in [-0.05, 0) is 77.4 Å². The molecule has 2 aliphatic rings. The molecule has 0 aromatic heterocycles. The standard InChI is InChI=1S/C41H56N6O2P2/c1-42(50(48)44(3)38(34-24-14-10-15-25-34)39(45(50)4)35-26-16-11-17-27-35)32-22-8-7-9-23-33-43(2)51(49)46(5)40(36-28-18-12-19-29-36)41(47(51)6)37-30-20-13-21-31-37/h10-21,24-31,38-41H,7-9,22-23,32-33H2,1-6H3/t38-,39-,40-,41-/m0/s1. The van der Waals surface area contributed by atoms with Gasteiger partial charge in [0.15, 0.2) is 0 Å². The van der Waals surface area contributed by atoms with Gasteiger partial charge in [-0.15, -0.1) is 0 Å². The molecule has 0 radical (unpaired) electrons. The molecule has 0 amide bonds. The van der Waals surface area contributed by atoms with Gasteiger partial charge in [-0.2, -0.15) is 0 Å². The van der Waals surface area contributed by atoms with E-state index in [-0.39, 0.29) is 24.2 Å². The monoisotopic (exact) mass is 726 g/mol. The van der Waals surface area contributed by atoms with E-state index in [0.717, 1.165) is 45.2 Å². The Kier molecular flexibility index (Phi) is 12.2. The van der Waals surface area contributed by atoms with Crippen molar-refractivity contribution in [2.75, 3.05) is 55.4 Å². The molecule has 2 heterocycles. The van der Waals surface area contributed by atoms with Gasteiger partial charge in [0.25, 0.3) is 15.2 Å². The first kappa shape index (κ1) is 37.8. The molecule has 0 spiro atoms. The lowest BCUT2D eigenvalue weighted by atomic mass is 9.93. The lowest BCUT2D eigenvalue weighted by Crippen LogP contribution is -2.29. The van der Waals surface area contributed by atoms with Crippen LogP contribution < -0.4 is 0 Å². The van der Waals surface area contributed by atoms with Crippen LogP contribution in [0.15, 0.2) is 121 Å². The molecule has 0 saturated carbocycles. The van der Waals surface area contributed by atoms with Gasteiger partial charge in [0.05, 0.1) is 24.2 Å². The molecule has 2 aliphatic heterocycles. The highest BCUT2D eigenvalue weighted by molar-refractivity contribution is 7.57. The van der Waals surface area contributed by atoms with E-state index >= 15 is 0 Å². The molecule has 0 bridgehead atoms. The first-order valence-electron chi connectivity index (χ1n) is 18.4. The van der Waals surface area contributed by atoms with Crippen LogP contribution in [0, 0.1) is 0 Å². The van der Waals surface area contributed by atoms with Crippen LogP contribution in [0.3, 0.4) is 0 Å². The number of unbranched alkanes of at least 4 members (excludes halogenated alkanes) is 4. The average molecular weight is 727 g/mol. The minimum absolute atomic E-state index is 0.0140. The molecule has 4 atom stereocenters. The number of nitrogens with zero attached hydrogens (tertiary/aromatic N) is 6. The zero-order valence-corrected chi connectivity index (χ0v) is 33.0. The molecular weight excluding hydrogens is 670 g/mol. The largest absolute Gasteiger partial charge is 0.287 e. The first-order valence-corrected chi connectivity index (χ1v) is 21.5. The summed E-state index contributed by atoms with van der Waals surface area (Å²) in [6.45, 7) is 1.53. The van der Waals surface area contributed by atoms with Gasteiger partial charge in [-0.3, -0.25) is 9.13 Å². The summed E-state index contributed by atoms with van der Waals surface area (Å²) >= 11 is 0. The van der Waals surface area contributed by atoms with E-state index < -0.39 is 15.2 Å². The molecule has 4 aromatic rings. The third kappa shape index (κ3) is 7.23. The van der Waals surface area contributed by atoms with Gasteiger partial charge in [-0.1, -0.05) is 141 Å². The van der Waals surface area contributed by atoms with Crippen molar-refractivity contribution in [3.8, 4) is 0 Å². The van der Waals surface area contributed by atoms with Crippen LogP contribution in [0.5, 0.6) is 0 Å². The van der Waals surface area contributed by atoms with Crippen LogP contribution in [-0.2, 0) is 9.13 Å². The lowest BCUT2D eigenvalue weighted by Gasteiger charge is -2.35. The Morgan fingerprint density at radius 3 is 0.863 bits per heavy atom. The maximum atomic E-state index is 15.0. The smallest absolute Gasteiger partial charge is 0.270 e. The van der Waals surface area contributed by atoms with Crippen molar-refractivity contribution in [3.05, 3.63) is 144 Å². The average Bonchev–Trinajstić information content (AvgIpc) is 3.51. The zero-order valence-electron chi connectivity index (χ0n) is 31.2.